The molecular weight excluding hydrogens is 229 g/mol. The first-order valence-electron chi connectivity index (χ1n) is 4.70. The number of nitrogens with one attached hydrogen (secondary N) is 1. The lowest BCUT2D eigenvalue weighted by Gasteiger charge is -2.07. The Kier molecular flexibility index (Phi) is 2.73. The van der Waals surface area contributed by atoms with Crippen molar-refractivity contribution in [3.05, 3.63) is 56.7 Å². The van der Waals surface area contributed by atoms with Crippen LogP contribution in [0.2, 0.25) is 0 Å². The molecule has 2 rings (SSSR count). The van der Waals surface area contributed by atoms with Crippen LogP contribution in [-0.4, -0.2) is 19.6 Å². The molecule has 0 amide bonds. The number of aromatic nitrogens is 3. The summed E-state index contributed by atoms with van der Waals surface area (Å²) < 4.78 is 13.8. The van der Waals surface area contributed by atoms with Gasteiger partial charge in [-0.05, 0) is 11.6 Å². The third kappa shape index (κ3) is 2.07. The first kappa shape index (κ1) is 11.1. The fourth-order valence-electron chi connectivity index (χ4n) is 1.36. The molecule has 0 aliphatic heterocycles. The van der Waals surface area contributed by atoms with Crippen LogP contribution in [0.1, 0.15) is 5.56 Å². The lowest BCUT2D eigenvalue weighted by molar-refractivity contribution is 0.367. The van der Waals surface area contributed by atoms with E-state index in [1.807, 2.05) is 0 Å². The maximum atomic E-state index is 13.1. The van der Waals surface area contributed by atoms with Crippen LogP contribution in [0.5, 0.6) is 5.88 Å². The zero-order valence-corrected chi connectivity index (χ0v) is 8.55. The monoisotopic (exact) mass is 237 g/mol. The highest BCUT2D eigenvalue weighted by atomic mass is 19.1. The third-order valence-corrected chi connectivity index (χ3v) is 2.18. The van der Waals surface area contributed by atoms with E-state index in [0.29, 0.717) is 10.1 Å². The van der Waals surface area contributed by atoms with E-state index >= 15 is 0 Å². The fourth-order valence-corrected chi connectivity index (χ4v) is 1.36. The molecule has 0 atom stereocenters. The normalized spacial score (nSPS) is 10.4. The Bertz CT molecular complexity index is 648. The van der Waals surface area contributed by atoms with Gasteiger partial charge in [-0.3, -0.25) is 19.3 Å². The number of aromatic hydroxyl groups is 1. The van der Waals surface area contributed by atoms with Gasteiger partial charge in [0.1, 0.15) is 0 Å². The standard InChI is InChI=1S/C10H8FN3O3/c11-7-8(15)13-10(17)14(9(7)16)5-6-2-1-3-12-4-6/h1-4,16H,5H2,(H,13,15,17). The molecule has 0 aromatic carbocycles. The largest absolute Gasteiger partial charge is 0.492 e. The molecule has 0 bridgehead atoms. The van der Waals surface area contributed by atoms with Crippen LogP contribution in [0.15, 0.2) is 34.1 Å². The molecular formula is C10H8FN3O3. The average Bonchev–Trinajstić information content (AvgIpc) is 2.33. The lowest BCUT2D eigenvalue weighted by atomic mass is 10.3. The molecule has 7 heteroatoms. The van der Waals surface area contributed by atoms with Gasteiger partial charge in [0.25, 0.3) is 5.56 Å². The number of nitrogens with zero attached hydrogens (tertiary/aromatic N) is 2. The van der Waals surface area contributed by atoms with Crippen LogP contribution in [-0.2, 0) is 6.54 Å². The first-order valence-corrected chi connectivity index (χ1v) is 4.70. The Morgan fingerprint density at radius 1 is 1.47 bits per heavy atom. The number of pyridine rings is 1. The van der Waals surface area contributed by atoms with Crippen LogP contribution in [0.4, 0.5) is 4.39 Å². The Labute approximate surface area is 94.0 Å². The quantitative estimate of drug-likeness (QED) is 0.758. The minimum absolute atomic E-state index is 0.0772. The Hall–Kier alpha value is -2.44. The average molecular weight is 237 g/mol. The molecule has 0 unspecified atom stereocenters. The number of rotatable bonds is 2. The van der Waals surface area contributed by atoms with Gasteiger partial charge in [-0.2, -0.15) is 4.39 Å². The van der Waals surface area contributed by atoms with Crippen LogP contribution < -0.4 is 11.2 Å². The van der Waals surface area contributed by atoms with E-state index in [2.05, 4.69) is 4.98 Å². The summed E-state index contributed by atoms with van der Waals surface area (Å²) in [5, 5.41) is 9.37. The molecule has 0 fully saturated rings. The summed E-state index contributed by atoms with van der Waals surface area (Å²) in [6.07, 6.45) is 3.01. The van der Waals surface area contributed by atoms with Gasteiger partial charge >= 0.3 is 5.69 Å². The molecule has 0 spiro atoms. The second-order valence-electron chi connectivity index (χ2n) is 3.34. The number of H-pyrrole nitrogens is 1. The van der Waals surface area contributed by atoms with Gasteiger partial charge in [-0.1, -0.05) is 6.07 Å². The molecule has 0 radical (unpaired) electrons. The van der Waals surface area contributed by atoms with Gasteiger partial charge in [0.15, 0.2) is 0 Å². The first-order chi connectivity index (χ1) is 8.09. The van der Waals surface area contributed by atoms with Crippen molar-refractivity contribution in [2.45, 2.75) is 6.54 Å². The molecule has 6 nitrogen and oxygen atoms in total. The highest BCUT2D eigenvalue weighted by Gasteiger charge is 2.13. The van der Waals surface area contributed by atoms with Crippen molar-refractivity contribution in [3.8, 4) is 5.88 Å². The lowest BCUT2D eigenvalue weighted by Crippen LogP contribution is -2.32. The van der Waals surface area contributed by atoms with E-state index in [0.717, 1.165) is 0 Å². The zero-order chi connectivity index (χ0) is 12.4. The van der Waals surface area contributed by atoms with Crippen LogP contribution in [0.3, 0.4) is 0 Å². The summed E-state index contributed by atoms with van der Waals surface area (Å²) in [7, 11) is 0. The van der Waals surface area contributed by atoms with Gasteiger partial charge in [0.05, 0.1) is 6.54 Å². The molecule has 0 saturated carbocycles. The van der Waals surface area contributed by atoms with Gasteiger partial charge in [-0.25, -0.2) is 4.79 Å². The highest BCUT2D eigenvalue weighted by Crippen LogP contribution is 2.09. The molecule has 0 aliphatic rings. The zero-order valence-electron chi connectivity index (χ0n) is 8.55. The second-order valence-corrected chi connectivity index (χ2v) is 3.34. The fraction of sp³-hybridized carbons (Fsp3) is 0.100. The summed E-state index contributed by atoms with van der Waals surface area (Å²) in [6, 6.07) is 3.29. The van der Waals surface area contributed by atoms with Gasteiger partial charge in [-0.15, -0.1) is 0 Å². The topological polar surface area (TPSA) is 88.0 Å². The maximum absolute atomic E-state index is 13.1. The molecule has 2 aromatic rings. The van der Waals surface area contributed by atoms with E-state index < -0.39 is 22.9 Å². The second kappa shape index (κ2) is 4.20. The summed E-state index contributed by atoms with van der Waals surface area (Å²) in [5.41, 5.74) is -1.52. The van der Waals surface area contributed by atoms with E-state index in [4.69, 9.17) is 0 Å². The van der Waals surface area contributed by atoms with E-state index in [-0.39, 0.29) is 6.54 Å². The summed E-state index contributed by atoms with van der Waals surface area (Å²) in [6.45, 7) is -0.0772. The third-order valence-electron chi connectivity index (χ3n) is 2.18. The van der Waals surface area contributed by atoms with E-state index in [1.165, 1.54) is 6.20 Å². The number of hydrogen-bond donors (Lipinski definition) is 2. The van der Waals surface area contributed by atoms with Gasteiger partial charge in [0.2, 0.25) is 11.7 Å². The molecule has 0 aliphatic carbocycles. The van der Waals surface area contributed by atoms with Crippen molar-refractivity contribution in [1.82, 2.24) is 14.5 Å². The Morgan fingerprint density at radius 2 is 2.24 bits per heavy atom. The predicted molar refractivity (Wildman–Crippen MR) is 56.3 cm³/mol. The SMILES string of the molecule is O=c1[nH]c(=O)n(Cc2cccnc2)c(O)c1F. The van der Waals surface area contributed by atoms with Crippen LogP contribution in [0.25, 0.3) is 0 Å². The molecule has 0 saturated heterocycles. The number of hydrogen-bond acceptors (Lipinski definition) is 4. The van der Waals surface area contributed by atoms with E-state index in [9.17, 15) is 19.1 Å². The van der Waals surface area contributed by atoms with Crippen molar-refractivity contribution in [2.75, 3.05) is 0 Å². The Morgan fingerprint density at radius 3 is 2.88 bits per heavy atom. The molecule has 2 heterocycles. The van der Waals surface area contributed by atoms with Crippen molar-refractivity contribution in [1.29, 1.82) is 0 Å². The Balaban J connectivity index is 2.51. The van der Waals surface area contributed by atoms with Gasteiger partial charge < -0.3 is 5.11 Å². The molecule has 2 N–H and O–H groups in total. The summed E-state index contributed by atoms with van der Waals surface area (Å²) in [4.78, 5) is 27.8. The maximum Gasteiger partial charge on any atom is 0.331 e. The predicted octanol–water partition coefficient (Wildman–Crippen LogP) is -0.175. The summed E-state index contributed by atoms with van der Waals surface area (Å²) in [5.74, 6) is -2.36. The minimum atomic E-state index is -1.38. The van der Waals surface area contributed by atoms with E-state index in [1.54, 1.807) is 23.3 Å². The summed E-state index contributed by atoms with van der Waals surface area (Å²) >= 11 is 0. The molecule has 2 aromatic heterocycles. The highest BCUT2D eigenvalue weighted by molar-refractivity contribution is 5.15. The van der Waals surface area contributed by atoms with Crippen LogP contribution >= 0.6 is 0 Å². The minimum Gasteiger partial charge on any atom is -0.492 e. The molecule has 17 heavy (non-hydrogen) atoms. The number of halogens is 1. The van der Waals surface area contributed by atoms with Crippen molar-refractivity contribution >= 4 is 0 Å². The number of aromatic amines is 1. The van der Waals surface area contributed by atoms with Crippen molar-refractivity contribution < 1.29 is 9.50 Å². The van der Waals surface area contributed by atoms with Crippen molar-refractivity contribution in [3.63, 3.8) is 0 Å². The van der Waals surface area contributed by atoms with Gasteiger partial charge in [0, 0.05) is 12.4 Å². The molecule has 88 valence electrons. The van der Waals surface area contributed by atoms with Crippen molar-refractivity contribution in [2.24, 2.45) is 0 Å². The smallest absolute Gasteiger partial charge is 0.331 e. The van der Waals surface area contributed by atoms with Crippen LogP contribution in [0, 0.1) is 5.82 Å².